The molecule has 0 radical (unpaired) electrons. The summed E-state index contributed by atoms with van der Waals surface area (Å²) in [6.45, 7) is 0.854. The van der Waals surface area contributed by atoms with Gasteiger partial charge in [-0.05, 0) is 31.6 Å². The normalized spacial score (nSPS) is 32.0. The van der Waals surface area contributed by atoms with Crippen LogP contribution in [0.5, 0.6) is 0 Å². The molecule has 0 spiro atoms. The first-order valence-corrected chi connectivity index (χ1v) is 5.13. The number of rotatable bonds is 2. The van der Waals surface area contributed by atoms with Gasteiger partial charge in [0.15, 0.2) is 0 Å². The van der Waals surface area contributed by atoms with Crippen molar-refractivity contribution in [2.24, 2.45) is 11.8 Å². The summed E-state index contributed by atoms with van der Waals surface area (Å²) in [6.07, 6.45) is 3.76. The molecule has 74 valence electrons. The highest BCUT2D eigenvalue weighted by molar-refractivity contribution is 5.79. The van der Waals surface area contributed by atoms with Gasteiger partial charge in [-0.3, -0.25) is 4.79 Å². The molecule has 0 aromatic carbocycles. The predicted molar refractivity (Wildman–Crippen MR) is 49.1 cm³/mol. The molecule has 1 saturated heterocycles. The molecule has 0 aromatic rings. The molecular weight excluding hydrogens is 166 g/mol. The van der Waals surface area contributed by atoms with Crippen LogP contribution in [0.25, 0.3) is 0 Å². The second-order valence-electron chi connectivity index (χ2n) is 4.34. The quantitative estimate of drug-likeness (QED) is 0.682. The average Bonchev–Trinajstić information content (AvgIpc) is 2.91. The van der Waals surface area contributed by atoms with E-state index in [-0.39, 0.29) is 17.9 Å². The standard InChI is InChI=1S/C10H17NO2/c1-11-6-2-3-8(10(11)13)9(12)7-4-5-7/h7-9,12H,2-6H2,1H3. The molecule has 2 fully saturated rings. The van der Waals surface area contributed by atoms with Gasteiger partial charge in [-0.15, -0.1) is 0 Å². The van der Waals surface area contributed by atoms with E-state index >= 15 is 0 Å². The van der Waals surface area contributed by atoms with Gasteiger partial charge < -0.3 is 10.0 Å². The second-order valence-corrected chi connectivity index (χ2v) is 4.34. The third-order valence-electron chi connectivity index (χ3n) is 3.22. The van der Waals surface area contributed by atoms with Crippen molar-refractivity contribution < 1.29 is 9.90 Å². The summed E-state index contributed by atoms with van der Waals surface area (Å²) >= 11 is 0. The van der Waals surface area contributed by atoms with E-state index in [0.717, 1.165) is 32.2 Å². The van der Waals surface area contributed by atoms with Gasteiger partial charge in [0, 0.05) is 13.6 Å². The number of carbonyl (C=O) groups is 1. The second kappa shape index (κ2) is 3.29. The lowest BCUT2D eigenvalue weighted by Crippen LogP contribution is -2.44. The van der Waals surface area contributed by atoms with E-state index in [0.29, 0.717) is 5.92 Å². The van der Waals surface area contributed by atoms with Gasteiger partial charge in [0.2, 0.25) is 5.91 Å². The first kappa shape index (κ1) is 9.00. The van der Waals surface area contributed by atoms with E-state index in [9.17, 15) is 9.90 Å². The molecule has 2 atom stereocenters. The maximum absolute atomic E-state index is 11.7. The molecule has 0 aromatic heterocycles. The Labute approximate surface area is 78.7 Å². The lowest BCUT2D eigenvalue weighted by molar-refractivity contribution is -0.141. The largest absolute Gasteiger partial charge is 0.392 e. The van der Waals surface area contributed by atoms with Crippen LogP contribution in [-0.2, 0) is 4.79 Å². The fourth-order valence-electron chi connectivity index (χ4n) is 2.15. The third kappa shape index (κ3) is 1.70. The highest BCUT2D eigenvalue weighted by atomic mass is 16.3. The van der Waals surface area contributed by atoms with Crippen LogP contribution in [0.1, 0.15) is 25.7 Å². The maximum atomic E-state index is 11.7. The van der Waals surface area contributed by atoms with Crippen LogP contribution in [0.2, 0.25) is 0 Å². The van der Waals surface area contributed by atoms with Gasteiger partial charge >= 0.3 is 0 Å². The molecule has 1 aliphatic heterocycles. The number of aliphatic hydroxyl groups excluding tert-OH is 1. The van der Waals surface area contributed by atoms with Crippen molar-refractivity contribution >= 4 is 5.91 Å². The zero-order valence-corrected chi connectivity index (χ0v) is 8.07. The van der Waals surface area contributed by atoms with Gasteiger partial charge in [-0.25, -0.2) is 0 Å². The third-order valence-corrected chi connectivity index (χ3v) is 3.22. The van der Waals surface area contributed by atoms with Crippen LogP contribution >= 0.6 is 0 Å². The molecular formula is C10H17NO2. The van der Waals surface area contributed by atoms with Crippen molar-refractivity contribution in [1.29, 1.82) is 0 Å². The molecule has 2 aliphatic rings. The Morgan fingerprint density at radius 1 is 1.46 bits per heavy atom. The number of likely N-dealkylation sites (tertiary alicyclic amines) is 1. The Bertz CT molecular complexity index is 213. The van der Waals surface area contributed by atoms with E-state index in [2.05, 4.69) is 0 Å². The predicted octanol–water partition coefficient (Wildman–Crippen LogP) is 0.626. The summed E-state index contributed by atoms with van der Waals surface area (Å²) < 4.78 is 0. The number of carbonyl (C=O) groups excluding carboxylic acids is 1. The van der Waals surface area contributed by atoms with Gasteiger partial charge in [0.25, 0.3) is 0 Å². The summed E-state index contributed by atoms with van der Waals surface area (Å²) in [6, 6.07) is 0. The maximum Gasteiger partial charge on any atom is 0.228 e. The van der Waals surface area contributed by atoms with E-state index in [1.807, 2.05) is 7.05 Å². The highest BCUT2D eigenvalue weighted by Crippen LogP contribution is 2.38. The zero-order chi connectivity index (χ0) is 9.42. The Morgan fingerprint density at radius 3 is 2.77 bits per heavy atom. The Hall–Kier alpha value is -0.570. The molecule has 2 rings (SSSR count). The minimum atomic E-state index is -0.366. The Kier molecular flexibility index (Phi) is 2.28. The lowest BCUT2D eigenvalue weighted by Gasteiger charge is -2.32. The summed E-state index contributed by atoms with van der Waals surface area (Å²) in [5.41, 5.74) is 0. The first-order valence-electron chi connectivity index (χ1n) is 5.13. The van der Waals surface area contributed by atoms with Crippen LogP contribution in [0.4, 0.5) is 0 Å². The molecule has 0 bridgehead atoms. The number of nitrogens with zero attached hydrogens (tertiary/aromatic N) is 1. The Morgan fingerprint density at radius 2 is 2.15 bits per heavy atom. The molecule has 13 heavy (non-hydrogen) atoms. The Balaban J connectivity index is 1.99. The summed E-state index contributed by atoms with van der Waals surface area (Å²) in [7, 11) is 1.83. The van der Waals surface area contributed by atoms with Crippen molar-refractivity contribution in [3.63, 3.8) is 0 Å². The number of hydrogen-bond donors (Lipinski definition) is 1. The molecule has 1 heterocycles. The van der Waals surface area contributed by atoms with E-state index in [4.69, 9.17) is 0 Å². The van der Waals surface area contributed by atoms with E-state index in [1.54, 1.807) is 4.90 Å². The van der Waals surface area contributed by atoms with Gasteiger partial charge in [-0.2, -0.15) is 0 Å². The van der Waals surface area contributed by atoms with Crippen molar-refractivity contribution in [2.45, 2.75) is 31.8 Å². The van der Waals surface area contributed by atoms with Crippen LogP contribution in [0.15, 0.2) is 0 Å². The van der Waals surface area contributed by atoms with Crippen molar-refractivity contribution in [2.75, 3.05) is 13.6 Å². The van der Waals surface area contributed by atoms with Gasteiger partial charge in [-0.1, -0.05) is 0 Å². The molecule has 1 N–H and O–H groups in total. The fraction of sp³-hybridized carbons (Fsp3) is 0.900. The molecule has 1 saturated carbocycles. The monoisotopic (exact) mass is 183 g/mol. The van der Waals surface area contributed by atoms with Crippen molar-refractivity contribution in [1.82, 2.24) is 4.90 Å². The summed E-state index contributed by atoms with van der Waals surface area (Å²) in [4.78, 5) is 13.4. The number of amides is 1. The fourth-order valence-corrected chi connectivity index (χ4v) is 2.15. The zero-order valence-electron chi connectivity index (χ0n) is 8.07. The first-order chi connectivity index (χ1) is 6.20. The minimum Gasteiger partial charge on any atom is -0.392 e. The number of piperidine rings is 1. The van der Waals surface area contributed by atoms with E-state index in [1.165, 1.54) is 0 Å². The number of hydrogen-bond acceptors (Lipinski definition) is 2. The van der Waals surface area contributed by atoms with Gasteiger partial charge in [0.1, 0.15) is 0 Å². The van der Waals surface area contributed by atoms with Crippen molar-refractivity contribution in [3.8, 4) is 0 Å². The van der Waals surface area contributed by atoms with Crippen LogP contribution in [-0.4, -0.2) is 35.6 Å². The van der Waals surface area contributed by atoms with Crippen LogP contribution in [0.3, 0.4) is 0 Å². The molecule has 3 heteroatoms. The number of aliphatic hydroxyl groups is 1. The molecule has 3 nitrogen and oxygen atoms in total. The van der Waals surface area contributed by atoms with Crippen LogP contribution in [0, 0.1) is 11.8 Å². The topological polar surface area (TPSA) is 40.5 Å². The van der Waals surface area contributed by atoms with E-state index < -0.39 is 0 Å². The molecule has 2 unspecified atom stereocenters. The minimum absolute atomic E-state index is 0.105. The smallest absolute Gasteiger partial charge is 0.228 e. The van der Waals surface area contributed by atoms with Crippen molar-refractivity contribution in [3.05, 3.63) is 0 Å². The average molecular weight is 183 g/mol. The van der Waals surface area contributed by atoms with Gasteiger partial charge in [0.05, 0.1) is 12.0 Å². The SMILES string of the molecule is CN1CCCC(C(O)C2CC2)C1=O. The molecule has 1 amide bonds. The van der Waals surface area contributed by atoms with Crippen LogP contribution < -0.4 is 0 Å². The highest BCUT2D eigenvalue weighted by Gasteiger charge is 2.40. The molecule has 1 aliphatic carbocycles. The lowest BCUT2D eigenvalue weighted by atomic mass is 9.89. The summed E-state index contributed by atoms with van der Waals surface area (Å²) in [5.74, 6) is 0.456. The summed E-state index contributed by atoms with van der Waals surface area (Å²) in [5, 5.41) is 9.85.